The summed E-state index contributed by atoms with van der Waals surface area (Å²) in [6, 6.07) is 16.2. The molecule has 1 aliphatic heterocycles. The summed E-state index contributed by atoms with van der Waals surface area (Å²) < 4.78 is 87.3. The normalized spacial score (nSPS) is 19.1. The minimum Gasteiger partial charge on any atom is -0.497 e. The van der Waals surface area contributed by atoms with Crippen LogP contribution >= 0.6 is 0 Å². The average molecular weight is 507 g/mol. The molecule has 0 N–H and O–H groups in total. The predicted octanol–water partition coefficient (Wildman–Crippen LogP) is 4.48. The van der Waals surface area contributed by atoms with Crippen molar-refractivity contribution >= 4 is 16.0 Å². The molecule has 0 radical (unpaired) electrons. The molecule has 1 heterocycles. The molecule has 0 saturated heterocycles. The van der Waals surface area contributed by atoms with Crippen LogP contribution in [0.1, 0.15) is 21.5 Å². The smallest absolute Gasteiger partial charge is 0.449 e. The summed E-state index contributed by atoms with van der Waals surface area (Å²) in [6.45, 7) is -0.703. The minimum atomic E-state index is -5.36. The predicted molar refractivity (Wildman–Crippen MR) is 118 cm³/mol. The summed E-state index contributed by atoms with van der Waals surface area (Å²) in [5.74, 6) is -1.21. The molecular weight excluding hydrogens is 487 g/mol. The molecule has 35 heavy (non-hydrogen) atoms. The first-order chi connectivity index (χ1) is 16.5. The maximum absolute atomic E-state index is 15.0. The number of esters is 1. The number of nitrogens with zero attached hydrogens (tertiary/aromatic N) is 1. The van der Waals surface area contributed by atoms with E-state index in [4.69, 9.17) is 14.2 Å². The molecule has 0 unspecified atom stereocenters. The number of carbonyl (C=O) groups excluding carboxylic acids is 1. The van der Waals surface area contributed by atoms with Crippen molar-refractivity contribution in [1.29, 1.82) is 0 Å². The number of hydrogen-bond donors (Lipinski definition) is 0. The van der Waals surface area contributed by atoms with Crippen molar-refractivity contribution in [2.24, 2.45) is 0 Å². The number of benzene rings is 3. The molecule has 1 aliphatic rings. The number of rotatable bonds is 6. The lowest BCUT2D eigenvalue weighted by atomic mass is 10.00. The molecule has 0 amide bonds. The number of halogens is 3. The lowest BCUT2D eigenvalue weighted by Crippen LogP contribution is -2.56. The number of fused-ring (bicyclic) bond motifs is 1. The van der Waals surface area contributed by atoms with Crippen molar-refractivity contribution < 1.29 is 40.6 Å². The van der Waals surface area contributed by atoms with Gasteiger partial charge in [0.2, 0.25) is 10.0 Å². The van der Waals surface area contributed by atoms with Crippen LogP contribution in [0.25, 0.3) is 0 Å². The van der Waals surface area contributed by atoms with E-state index >= 15 is 0 Å². The monoisotopic (exact) mass is 507 g/mol. The van der Waals surface area contributed by atoms with Gasteiger partial charge in [0.15, 0.2) is 0 Å². The highest BCUT2D eigenvalue weighted by molar-refractivity contribution is 7.89. The molecule has 0 fully saturated rings. The van der Waals surface area contributed by atoms with Crippen molar-refractivity contribution in [2.45, 2.75) is 23.3 Å². The van der Waals surface area contributed by atoms with E-state index < -0.39 is 44.9 Å². The molecule has 0 saturated carbocycles. The third-order valence-corrected chi connectivity index (χ3v) is 7.45. The molecule has 1 atom stereocenters. The fraction of sp³-hybridized carbons (Fsp3) is 0.208. The van der Waals surface area contributed by atoms with E-state index in [9.17, 15) is 26.4 Å². The fourth-order valence-electron chi connectivity index (χ4n) is 3.89. The van der Waals surface area contributed by atoms with Gasteiger partial charge in [-0.1, -0.05) is 36.4 Å². The second-order valence-electron chi connectivity index (χ2n) is 7.62. The Hall–Kier alpha value is -3.57. The number of methoxy groups -OCH3 is 2. The van der Waals surface area contributed by atoms with Gasteiger partial charge in [-0.25, -0.2) is 13.2 Å². The van der Waals surface area contributed by atoms with Crippen molar-refractivity contribution in [3.05, 3.63) is 89.5 Å². The van der Waals surface area contributed by atoms with Gasteiger partial charge < -0.3 is 14.2 Å². The van der Waals surface area contributed by atoms with Gasteiger partial charge in [0, 0.05) is 12.1 Å². The summed E-state index contributed by atoms with van der Waals surface area (Å²) in [6.07, 6.45) is -5.36. The Morgan fingerprint density at radius 3 is 2.20 bits per heavy atom. The van der Waals surface area contributed by atoms with Crippen molar-refractivity contribution in [1.82, 2.24) is 4.31 Å². The van der Waals surface area contributed by atoms with Gasteiger partial charge in [-0.2, -0.15) is 13.2 Å². The topological polar surface area (TPSA) is 82.1 Å². The highest BCUT2D eigenvalue weighted by Crippen LogP contribution is 2.55. The van der Waals surface area contributed by atoms with E-state index in [1.807, 2.05) is 0 Å². The zero-order chi connectivity index (χ0) is 25.4. The first kappa shape index (κ1) is 24.6. The number of ether oxygens (including phenoxy) is 3. The van der Waals surface area contributed by atoms with Gasteiger partial charge in [-0.3, -0.25) is 0 Å². The van der Waals surface area contributed by atoms with Crippen LogP contribution in [0.3, 0.4) is 0 Å². The van der Waals surface area contributed by atoms with Crippen LogP contribution in [0.2, 0.25) is 0 Å². The standard InChI is InChI=1S/C24H20F3NO6S/c1-32-18-10-6-9-17(13-18)22(29)34-23(24(25,26)27)20-14-19(33-2)11-12-21(20)35(30,31)28(23)15-16-7-4-3-5-8-16/h3-14H,15H2,1-2H3/t23-/m1/s1. The molecule has 4 rings (SSSR count). The Morgan fingerprint density at radius 1 is 0.914 bits per heavy atom. The van der Waals surface area contributed by atoms with Crippen LogP contribution in [0, 0.1) is 0 Å². The summed E-state index contributed by atoms with van der Waals surface area (Å²) in [5, 5.41) is 0. The largest absolute Gasteiger partial charge is 0.497 e. The molecule has 11 heteroatoms. The Balaban J connectivity index is 1.95. The molecule has 0 aliphatic carbocycles. The zero-order valence-electron chi connectivity index (χ0n) is 18.6. The van der Waals surface area contributed by atoms with Gasteiger partial charge in [-0.05, 0) is 42.0 Å². The van der Waals surface area contributed by atoms with E-state index in [1.54, 1.807) is 18.2 Å². The Morgan fingerprint density at radius 2 is 1.57 bits per heavy atom. The zero-order valence-corrected chi connectivity index (χ0v) is 19.4. The number of sulfonamides is 1. The maximum atomic E-state index is 15.0. The Labute approximate surface area is 199 Å². The van der Waals surface area contributed by atoms with Crippen LogP contribution < -0.4 is 9.47 Å². The number of carbonyl (C=O) groups is 1. The van der Waals surface area contributed by atoms with E-state index in [1.165, 1.54) is 56.7 Å². The summed E-state index contributed by atoms with van der Waals surface area (Å²) in [5.41, 5.74) is -4.40. The Kier molecular flexibility index (Phi) is 6.24. The Bertz CT molecular complexity index is 1360. The summed E-state index contributed by atoms with van der Waals surface area (Å²) >= 11 is 0. The second-order valence-corrected chi connectivity index (χ2v) is 9.45. The highest BCUT2D eigenvalue weighted by Gasteiger charge is 2.72. The van der Waals surface area contributed by atoms with E-state index in [2.05, 4.69) is 0 Å². The molecule has 0 spiro atoms. The van der Waals surface area contributed by atoms with Crippen molar-refractivity contribution in [2.75, 3.05) is 14.2 Å². The van der Waals surface area contributed by atoms with Crippen LogP contribution in [0.4, 0.5) is 13.2 Å². The summed E-state index contributed by atoms with van der Waals surface area (Å²) in [4.78, 5) is 12.4. The molecule has 0 aromatic heterocycles. The first-order valence-electron chi connectivity index (χ1n) is 10.2. The molecule has 0 bridgehead atoms. The molecule has 7 nitrogen and oxygen atoms in total. The quantitative estimate of drug-likeness (QED) is 0.458. The van der Waals surface area contributed by atoms with Crippen molar-refractivity contribution in [3.8, 4) is 11.5 Å². The van der Waals surface area contributed by atoms with Crippen LogP contribution in [0.5, 0.6) is 11.5 Å². The van der Waals surface area contributed by atoms with E-state index in [0.717, 1.165) is 12.1 Å². The third-order valence-electron chi connectivity index (χ3n) is 5.57. The lowest BCUT2D eigenvalue weighted by molar-refractivity contribution is -0.303. The molecule has 3 aromatic rings. The molecular formula is C24H20F3NO6S. The van der Waals surface area contributed by atoms with Crippen LogP contribution in [-0.4, -0.2) is 39.1 Å². The summed E-state index contributed by atoms with van der Waals surface area (Å²) in [7, 11) is -2.19. The van der Waals surface area contributed by atoms with Crippen LogP contribution in [-0.2, 0) is 27.0 Å². The second kappa shape index (κ2) is 8.90. The first-order valence-corrected chi connectivity index (χ1v) is 11.7. The van der Waals surface area contributed by atoms with Gasteiger partial charge in [-0.15, -0.1) is 4.31 Å². The number of alkyl halides is 3. The third kappa shape index (κ3) is 4.10. The average Bonchev–Trinajstić information content (AvgIpc) is 3.03. The van der Waals surface area contributed by atoms with E-state index in [0.29, 0.717) is 0 Å². The van der Waals surface area contributed by atoms with Gasteiger partial charge in [0.1, 0.15) is 11.5 Å². The van der Waals surface area contributed by atoms with Crippen LogP contribution in [0.15, 0.2) is 77.7 Å². The maximum Gasteiger partial charge on any atom is 0.449 e. The molecule has 184 valence electrons. The fourth-order valence-corrected chi connectivity index (χ4v) is 5.74. The highest BCUT2D eigenvalue weighted by atomic mass is 32.2. The van der Waals surface area contributed by atoms with Gasteiger partial charge >= 0.3 is 17.9 Å². The minimum absolute atomic E-state index is 0.0356. The SMILES string of the molecule is COc1cccc(C(=O)O[C@@]2(C(F)(F)F)c3cc(OC)ccc3S(=O)(=O)N2Cc2ccccc2)c1. The van der Waals surface area contributed by atoms with Crippen molar-refractivity contribution in [3.63, 3.8) is 0 Å². The number of hydrogen-bond acceptors (Lipinski definition) is 6. The van der Waals surface area contributed by atoms with Gasteiger partial charge in [0.05, 0.1) is 24.7 Å². The van der Waals surface area contributed by atoms with E-state index in [-0.39, 0.29) is 26.9 Å². The molecule has 3 aromatic carbocycles. The lowest BCUT2D eigenvalue weighted by Gasteiger charge is -2.38. The van der Waals surface area contributed by atoms with Gasteiger partial charge in [0.25, 0.3) is 0 Å².